The molecule has 0 saturated carbocycles. The minimum atomic E-state index is -0.921. The van der Waals surface area contributed by atoms with E-state index in [4.69, 9.17) is 9.47 Å². The van der Waals surface area contributed by atoms with Crippen LogP contribution in [-0.4, -0.2) is 17.4 Å². The van der Waals surface area contributed by atoms with E-state index >= 15 is 0 Å². The molecule has 1 amide bonds. The van der Waals surface area contributed by atoms with Gasteiger partial charge < -0.3 is 9.47 Å². The second-order valence-corrected chi connectivity index (χ2v) is 8.14. The summed E-state index contributed by atoms with van der Waals surface area (Å²) in [7, 11) is 0. The van der Waals surface area contributed by atoms with Crippen molar-refractivity contribution < 1.29 is 14.3 Å². The summed E-state index contributed by atoms with van der Waals surface area (Å²) in [6.45, 7) is 3.43. The molecule has 0 radical (unpaired) electrons. The molecule has 1 aliphatic rings. The monoisotopic (exact) mass is 514 g/mol. The van der Waals surface area contributed by atoms with Crippen molar-refractivity contribution in [3.05, 3.63) is 56.1 Å². The van der Waals surface area contributed by atoms with Gasteiger partial charge >= 0.3 is 0 Å². The van der Waals surface area contributed by atoms with Gasteiger partial charge in [0.1, 0.15) is 11.5 Å². The minimum absolute atomic E-state index is 0.252. The van der Waals surface area contributed by atoms with Crippen LogP contribution in [0, 0.1) is 3.57 Å². The van der Waals surface area contributed by atoms with Crippen molar-refractivity contribution >= 4 is 50.3 Å². The van der Waals surface area contributed by atoms with Crippen LogP contribution in [-0.2, 0) is 16.0 Å². The van der Waals surface area contributed by atoms with Crippen LogP contribution in [0.25, 0.3) is 0 Å². The molecule has 1 heterocycles. The van der Waals surface area contributed by atoms with Gasteiger partial charge in [0.15, 0.2) is 5.60 Å². The lowest BCUT2D eigenvalue weighted by atomic mass is 10.1. The molecular weight excluding hydrogens is 499 g/mol. The van der Waals surface area contributed by atoms with Crippen LogP contribution < -0.4 is 10.2 Å². The average molecular weight is 515 g/mol. The third-order valence-electron chi connectivity index (χ3n) is 3.58. The third-order valence-corrected chi connectivity index (χ3v) is 4.96. The predicted molar refractivity (Wildman–Crippen MR) is 108 cm³/mol. The van der Waals surface area contributed by atoms with Gasteiger partial charge in [-0.25, -0.2) is 5.43 Å². The Morgan fingerprint density at radius 2 is 2.08 bits per heavy atom. The fourth-order valence-corrected chi connectivity index (χ4v) is 3.08. The second kappa shape index (κ2) is 7.33. The number of nitrogens with zero attached hydrogens (tertiary/aromatic N) is 1. The maximum absolute atomic E-state index is 11.7. The molecule has 7 heteroatoms. The molecule has 1 aliphatic heterocycles. The molecule has 3 rings (SSSR count). The van der Waals surface area contributed by atoms with Crippen molar-refractivity contribution in [2.24, 2.45) is 5.10 Å². The molecule has 2 aromatic rings. The maximum Gasteiger partial charge on any atom is 0.283 e. The van der Waals surface area contributed by atoms with Crippen molar-refractivity contribution in [3.63, 3.8) is 0 Å². The number of amides is 1. The van der Waals surface area contributed by atoms with E-state index in [0.717, 1.165) is 25.1 Å². The summed E-state index contributed by atoms with van der Waals surface area (Å²) < 4.78 is 13.6. The summed E-state index contributed by atoms with van der Waals surface area (Å²) in [5.74, 6) is 1.73. The average Bonchev–Trinajstić information content (AvgIpc) is 2.54. The number of hydrazone groups is 1. The van der Waals surface area contributed by atoms with Crippen LogP contribution in [0.15, 0.2) is 52.0 Å². The van der Waals surface area contributed by atoms with Crippen molar-refractivity contribution in [2.45, 2.75) is 25.9 Å². The zero-order valence-corrected chi connectivity index (χ0v) is 17.4. The minimum Gasteiger partial charge on any atom is -0.463 e. The largest absolute Gasteiger partial charge is 0.463 e. The van der Waals surface area contributed by atoms with Crippen LogP contribution in [0.2, 0.25) is 0 Å². The van der Waals surface area contributed by atoms with Gasteiger partial charge in [0.2, 0.25) is 5.90 Å². The normalized spacial score (nSPS) is 15.8. The van der Waals surface area contributed by atoms with Crippen LogP contribution in [0.4, 0.5) is 0 Å². The summed E-state index contributed by atoms with van der Waals surface area (Å²) in [5.41, 5.74) is 2.56. The Kier molecular flexibility index (Phi) is 5.33. The Bertz CT molecular complexity index is 852. The van der Waals surface area contributed by atoms with E-state index in [0.29, 0.717) is 12.3 Å². The van der Waals surface area contributed by atoms with Gasteiger partial charge in [0, 0.05) is 4.47 Å². The Hall–Kier alpha value is -1.61. The molecule has 5 nitrogen and oxygen atoms in total. The van der Waals surface area contributed by atoms with E-state index in [1.807, 2.05) is 42.5 Å². The first-order chi connectivity index (χ1) is 11.8. The topological polar surface area (TPSA) is 59.9 Å². The van der Waals surface area contributed by atoms with E-state index in [9.17, 15) is 4.79 Å². The number of nitrogens with one attached hydrogen (secondary N) is 1. The third kappa shape index (κ3) is 4.52. The lowest BCUT2D eigenvalue weighted by Crippen LogP contribution is -2.48. The molecule has 0 spiro atoms. The van der Waals surface area contributed by atoms with E-state index in [-0.39, 0.29) is 5.91 Å². The molecule has 0 bridgehead atoms. The molecule has 0 fully saturated rings. The Morgan fingerprint density at radius 3 is 2.80 bits per heavy atom. The SMILES string of the molecule is CC1(C)OC(Cc2ccc(I)c(Oc3cccc(Br)c3)c2)=NNC1=O. The maximum atomic E-state index is 11.7. The summed E-state index contributed by atoms with van der Waals surface area (Å²) in [5, 5.41) is 4.00. The molecule has 0 aliphatic carbocycles. The summed E-state index contributed by atoms with van der Waals surface area (Å²) in [4.78, 5) is 11.7. The van der Waals surface area contributed by atoms with E-state index in [1.54, 1.807) is 13.8 Å². The lowest BCUT2D eigenvalue weighted by Gasteiger charge is -2.28. The molecule has 0 atom stereocenters. The predicted octanol–water partition coefficient (Wildman–Crippen LogP) is 4.63. The number of halogens is 2. The highest BCUT2D eigenvalue weighted by Crippen LogP contribution is 2.30. The smallest absolute Gasteiger partial charge is 0.283 e. The Morgan fingerprint density at radius 1 is 1.28 bits per heavy atom. The first kappa shape index (κ1) is 18.2. The molecule has 0 unspecified atom stereocenters. The fourth-order valence-electron chi connectivity index (χ4n) is 2.26. The summed E-state index contributed by atoms with van der Waals surface area (Å²) >= 11 is 5.68. The number of ether oxygens (including phenoxy) is 2. The lowest BCUT2D eigenvalue weighted by molar-refractivity contribution is -0.137. The molecule has 1 N–H and O–H groups in total. The molecule has 0 aromatic heterocycles. The van der Waals surface area contributed by atoms with Crippen molar-refractivity contribution in [1.82, 2.24) is 5.43 Å². The van der Waals surface area contributed by atoms with E-state index in [2.05, 4.69) is 49.0 Å². The van der Waals surface area contributed by atoms with Crippen molar-refractivity contribution in [3.8, 4) is 11.5 Å². The van der Waals surface area contributed by atoms with Crippen LogP contribution in [0.1, 0.15) is 19.4 Å². The van der Waals surface area contributed by atoms with Gasteiger partial charge in [-0.1, -0.05) is 28.1 Å². The Balaban J connectivity index is 1.79. The zero-order valence-electron chi connectivity index (χ0n) is 13.7. The fraction of sp³-hybridized carbons (Fsp3) is 0.222. The molecular formula is C18H16BrIN2O3. The number of hydrogen-bond donors (Lipinski definition) is 1. The van der Waals surface area contributed by atoms with Gasteiger partial charge in [-0.05, 0) is 72.3 Å². The zero-order chi connectivity index (χ0) is 18.0. The van der Waals surface area contributed by atoms with Gasteiger partial charge in [0.25, 0.3) is 5.91 Å². The van der Waals surface area contributed by atoms with Crippen LogP contribution >= 0.6 is 38.5 Å². The van der Waals surface area contributed by atoms with Crippen molar-refractivity contribution in [1.29, 1.82) is 0 Å². The summed E-state index contributed by atoms with van der Waals surface area (Å²) in [6.07, 6.45) is 0.468. The molecule has 25 heavy (non-hydrogen) atoms. The number of hydrogen-bond acceptors (Lipinski definition) is 4. The van der Waals surface area contributed by atoms with Gasteiger partial charge in [-0.15, -0.1) is 5.10 Å². The van der Waals surface area contributed by atoms with Crippen LogP contribution in [0.3, 0.4) is 0 Å². The first-order valence-corrected chi connectivity index (χ1v) is 9.48. The highest BCUT2D eigenvalue weighted by molar-refractivity contribution is 14.1. The number of rotatable bonds is 4. The molecule has 130 valence electrons. The van der Waals surface area contributed by atoms with Gasteiger partial charge in [-0.3, -0.25) is 4.79 Å². The standard InChI is InChI=1S/C18H16BrIN2O3/c1-18(2)17(23)22-21-16(25-18)9-11-6-7-14(20)15(8-11)24-13-5-3-4-12(19)10-13/h3-8,10H,9H2,1-2H3,(H,22,23). The molecule has 0 saturated heterocycles. The van der Waals surface area contributed by atoms with Crippen LogP contribution in [0.5, 0.6) is 11.5 Å². The van der Waals surface area contributed by atoms with Gasteiger partial charge in [0.05, 0.1) is 9.99 Å². The highest BCUT2D eigenvalue weighted by atomic mass is 127. The highest BCUT2D eigenvalue weighted by Gasteiger charge is 2.34. The number of benzene rings is 2. The van der Waals surface area contributed by atoms with E-state index in [1.165, 1.54) is 0 Å². The quantitative estimate of drug-likeness (QED) is 0.605. The molecule has 2 aromatic carbocycles. The first-order valence-electron chi connectivity index (χ1n) is 7.61. The summed E-state index contributed by atoms with van der Waals surface area (Å²) in [6, 6.07) is 13.6. The second-order valence-electron chi connectivity index (χ2n) is 6.06. The van der Waals surface area contributed by atoms with Crippen molar-refractivity contribution in [2.75, 3.05) is 0 Å². The number of carbonyl (C=O) groups is 1. The number of carbonyl (C=O) groups excluding carboxylic acids is 1. The van der Waals surface area contributed by atoms with Gasteiger partial charge in [-0.2, -0.15) is 0 Å². The Labute approximate surface area is 168 Å². The van der Waals surface area contributed by atoms with E-state index < -0.39 is 5.60 Å².